The van der Waals surface area contributed by atoms with E-state index < -0.39 is 0 Å². The van der Waals surface area contributed by atoms with Crippen molar-refractivity contribution in [3.05, 3.63) is 142 Å². The number of aromatic amines is 2. The molecule has 6 nitrogen and oxygen atoms in total. The number of hydrogen-bond acceptors (Lipinski definition) is 4. The Kier molecular flexibility index (Phi) is 5.93. The maximum Gasteiger partial charge on any atom is 0.0957 e. The van der Waals surface area contributed by atoms with Crippen LogP contribution in [-0.2, 0) is 25.9 Å². The highest BCUT2D eigenvalue weighted by Crippen LogP contribution is 2.37. The van der Waals surface area contributed by atoms with Crippen molar-refractivity contribution in [3.8, 4) is 0 Å². The number of aryl methyl sites for hydroxylation is 2. The summed E-state index contributed by atoms with van der Waals surface area (Å²) in [4.78, 5) is 27.8. The van der Waals surface area contributed by atoms with Crippen molar-refractivity contribution in [2.24, 2.45) is 9.98 Å². The van der Waals surface area contributed by atoms with Gasteiger partial charge in [0.2, 0.25) is 0 Å². The second kappa shape index (κ2) is 10.7. The molecule has 0 atom stereocenters. The van der Waals surface area contributed by atoms with Gasteiger partial charge in [-0.15, -0.1) is 0 Å². The number of nitrogens with one attached hydrogen (secondary N) is 2. The van der Waals surface area contributed by atoms with Gasteiger partial charge in [0.25, 0.3) is 0 Å². The lowest BCUT2D eigenvalue weighted by atomic mass is 10.0. The quantitative estimate of drug-likeness (QED) is 0.200. The zero-order valence-corrected chi connectivity index (χ0v) is 27.4. The Morgan fingerprint density at radius 3 is 1.76 bits per heavy atom. The summed E-state index contributed by atoms with van der Waals surface area (Å²) in [5.74, 6) is 0. The SMILES string of the molecule is c1ccc2[nH]c3c4ccc(=NCc5ccc(CN=c6ccc7c8[nH]c9c(nc8c8cccc6c87)CCCC9)cc5)c5cccc(c3nc2c1)c54. The van der Waals surface area contributed by atoms with Gasteiger partial charge in [-0.2, -0.15) is 0 Å². The second-order valence-corrected chi connectivity index (χ2v) is 13.7. The molecule has 6 heteroatoms. The molecule has 0 amide bonds. The van der Waals surface area contributed by atoms with E-state index in [0.29, 0.717) is 13.1 Å². The lowest BCUT2D eigenvalue weighted by Gasteiger charge is -2.14. The third kappa shape index (κ3) is 4.14. The fourth-order valence-corrected chi connectivity index (χ4v) is 8.35. The second-order valence-electron chi connectivity index (χ2n) is 13.7. The first-order valence-electron chi connectivity index (χ1n) is 17.6. The number of H-pyrrole nitrogens is 2. The first kappa shape index (κ1) is 27.8. The number of nitrogens with zero attached hydrogens (tertiary/aromatic N) is 4. The highest BCUT2D eigenvalue weighted by molar-refractivity contribution is 6.29. The summed E-state index contributed by atoms with van der Waals surface area (Å²) in [5.41, 5.74) is 11.3. The largest absolute Gasteiger partial charge is 0.355 e. The summed E-state index contributed by atoms with van der Waals surface area (Å²) >= 11 is 0. The Hall–Kier alpha value is -6.14. The molecule has 0 radical (unpaired) electrons. The molecule has 2 aromatic heterocycles. The van der Waals surface area contributed by atoms with Crippen molar-refractivity contribution >= 4 is 76.2 Å². The first-order valence-corrected chi connectivity index (χ1v) is 17.6. The molecule has 238 valence electrons. The average Bonchev–Trinajstić information content (AvgIpc) is 3.66. The van der Waals surface area contributed by atoms with Gasteiger partial charge >= 0.3 is 0 Å². The van der Waals surface area contributed by atoms with Crippen LogP contribution < -0.4 is 10.7 Å². The molecule has 1 aliphatic rings. The molecule has 2 heterocycles. The van der Waals surface area contributed by atoms with E-state index in [2.05, 4.69) is 107 Å². The molecule has 11 rings (SSSR count). The predicted octanol–water partition coefficient (Wildman–Crippen LogP) is 9.16. The molecule has 0 spiro atoms. The van der Waals surface area contributed by atoms with E-state index in [4.69, 9.17) is 20.0 Å². The molecule has 0 fully saturated rings. The van der Waals surface area contributed by atoms with Crippen LogP contribution in [0.1, 0.15) is 35.4 Å². The third-order valence-electron chi connectivity index (χ3n) is 10.8. The van der Waals surface area contributed by atoms with Crippen molar-refractivity contribution in [1.29, 1.82) is 0 Å². The number of fused-ring (bicyclic) bond motifs is 8. The molecular formula is C44H32N6. The fraction of sp³-hybridized carbons (Fsp3) is 0.136. The zero-order valence-electron chi connectivity index (χ0n) is 27.4. The topological polar surface area (TPSA) is 82.1 Å². The van der Waals surface area contributed by atoms with E-state index in [1.54, 1.807) is 0 Å². The van der Waals surface area contributed by atoms with Gasteiger partial charge in [-0.05, 0) is 61.1 Å². The first-order chi connectivity index (χ1) is 24.8. The Bertz CT molecular complexity index is 3000. The maximum absolute atomic E-state index is 5.17. The standard InChI is InChI=1S/C44H32N6/c1-3-13-37-35(11-1)47-41-29-9-5-7-27-33(21-19-31(39(27)29)43(41)49-37)45-23-25-15-17-26(18-16-25)24-46-34-22-20-32-40-28(34)8-6-10-30(40)42-44(32)50-38-14-4-2-12-36(38)48-42/h1,3,5-11,13,15-22,49-50H,2,4,12,14,23-24H2. The Balaban J connectivity index is 0.905. The van der Waals surface area contributed by atoms with Crippen molar-refractivity contribution in [2.75, 3.05) is 0 Å². The molecule has 1 aliphatic carbocycles. The van der Waals surface area contributed by atoms with Gasteiger partial charge < -0.3 is 9.97 Å². The minimum absolute atomic E-state index is 0.612. The predicted molar refractivity (Wildman–Crippen MR) is 204 cm³/mol. The lowest BCUT2D eigenvalue weighted by Crippen LogP contribution is -2.07. The van der Waals surface area contributed by atoms with Crippen LogP contribution in [0, 0.1) is 0 Å². The van der Waals surface area contributed by atoms with Gasteiger partial charge in [-0.1, -0.05) is 84.9 Å². The summed E-state index contributed by atoms with van der Waals surface area (Å²) in [6, 6.07) is 38.7. The van der Waals surface area contributed by atoms with E-state index in [1.807, 2.05) is 12.1 Å². The van der Waals surface area contributed by atoms with Crippen LogP contribution in [0.25, 0.3) is 76.2 Å². The molecular weight excluding hydrogens is 613 g/mol. The van der Waals surface area contributed by atoms with Gasteiger partial charge in [0, 0.05) is 48.8 Å². The molecule has 50 heavy (non-hydrogen) atoms. The summed E-state index contributed by atoms with van der Waals surface area (Å²) in [5, 5.41) is 11.7. The van der Waals surface area contributed by atoms with Crippen LogP contribution in [0.3, 0.4) is 0 Å². The summed E-state index contributed by atoms with van der Waals surface area (Å²) in [6.07, 6.45) is 4.60. The fourth-order valence-electron chi connectivity index (χ4n) is 8.35. The Labute approximate surface area is 286 Å². The number of hydrogen-bond donors (Lipinski definition) is 2. The smallest absolute Gasteiger partial charge is 0.0957 e. The Morgan fingerprint density at radius 2 is 1.08 bits per heavy atom. The maximum atomic E-state index is 5.17. The van der Waals surface area contributed by atoms with Gasteiger partial charge in [-0.25, -0.2) is 9.97 Å². The van der Waals surface area contributed by atoms with E-state index in [-0.39, 0.29) is 0 Å². The van der Waals surface area contributed by atoms with Crippen LogP contribution >= 0.6 is 0 Å². The number of aromatic nitrogens is 4. The Morgan fingerprint density at radius 1 is 0.500 bits per heavy atom. The van der Waals surface area contributed by atoms with Gasteiger partial charge in [0.05, 0.1) is 62.6 Å². The number of rotatable bonds is 4. The van der Waals surface area contributed by atoms with Crippen LogP contribution in [0.15, 0.2) is 119 Å². The molecule has 10 aromatic rings. The van der Waals surface area contributed by atoms with Crippen LogP contribution in [0.4, 0.5) is 0 Å². The van der Waals surface area contributed by atoms with Crippen LogP contribution in [-0.4, -0.2) is 19.9 Å². The average molecular weight is 645 g/mol. The highest BCUT2D eigenvalue weighted by Gasteiger charge is 2.19. The van der Waals surface area contributed by atoms with Crippen molar-refractivity contribution in [3.63, 3.8) is 0 Å². The molecule has 0 aliphatic heterocycles. The normalized spacial score (nSPS) is 14.5. The van der Waals surface area contributed by atoms with Crippen molar-refractivity contribution in [1.82, 2.24) is 19.9 Å². The van der Waals surface area contributed by atoms with Gasteiger partial charge in [0.15, 0.2) is 0 Å². The molecule has 8 aromatic carbocycles. The summed E-state index contributed by atoms with van der Waals surface area (Å²) < 4.78 is 0. The number of benzene rings is 6. The molecule has 2 N–H and O–H groups in total. The van der Waals surface area contributed by atoms with Crippen molar-refractivity contribution in [2.45, 2.75) is 38.8 Å². The van der Waals surface area contributed by atoms with E-state index in [1.165, 1.54) is 67.7 Å². The highest BCUT2D eigenvalue weighted by atomic mass is 14.8. The summed E-state index contributed by atoms with van der Waals surface area (Å²) in [7, 11) is 0. The zero-order chi connectivity index (χ0) is 32.8. The van der Waals surface area contributed by atoms with E-state index in [9.17, 15) is 0 Å². The minimum atomic E-state index is 0.612. The molecule has 0 bridgehead atoms. The lowest BCUT2D eigenvalue weighted by molar-refractivity contribution is 0.655. The molecule has 0 unspecified atom stereocenters. The van der Waals surface area contributed by atoms with E-state index in [0.717, 1.165) is 67.4 Å². The van der Waals surface area contributed by atoms with Crippen LogP contribution in [0.2, 0.25) is 0 Å². The monoisotopic (exact) mass is 644 g/mol. The van der Waals surface area contributed by atoms with Crippen LogP contribution in [0.5, 0.6) is 0 Å². The molecule has 0 saturated carbocycles. The van der Waals surface area contributed by atoms with Crippen molar-refractivity contribution < 1.29 is 0 Å². The molecule has 0 saturated heterocycles. The third-order valence-corrected chi connectivity index (χ3v) is 10.8. The van der Waals surface area contributed by atoms with E-state index >= 15 is 0 Å². The van der Waals surface area contributed by atoms with Gasteiger partial charge in [-0.3, -0.25) is 9.98 Å². The summed E-state index contributed by atoms with van der Waals surface area (Å²) in [6.45, 7) is 1.23. The minimum Gasteiger partial charge on any atom is -0.355 e. The number of para-hydroxylation sites is 2. The van der Waals surface area contributed by atoms with Gasteiger partial charge in [0.1, 0.15) is 0 Å².